The van der Waals surface area contributed by atoms with Crippen molar-refractivity contribution >= 4 is 15.9 Å². The third-order valence-corrected chi connectivity index (χ3v) is 3.49. The number of nitrogens with zero attached hydrogens (tertiary/aromatic N) is 1. The molecule has 0 spiro atoms. The van der Waals surface area contributed by atoms with E-state index in [1.807, 2.05) is 12.1 Å². The molecule has 0 aromatic carbocycles. The van der Waals surface area contributed by atoms with Crippen LogP contribution in [0.25, 0.3) is 0 Å². The lowest BCUT2D eigenvalue weighted by Crippen LogP contribution is -2.29. The van der Waals surface area contributed by atoms with Gasteiger partial charge in [0.2, 0.25) is 0 Å². The Bertz CT molecular complexity index is 324. The van der Waals surface area contributed by atoms with E-state index < -0.39 is 0 Å². The first kappa shape index (κ1) is 11.2. The molecule has 0 bridgehead atoms. The Hall–Kier alpha value is -0.320. The molecule has 1 aliphatic rings. The van der Waals surface area contributed by atoms with Crippen LogP contribution >= 0.6 is 15.9 Å². The van der Waals surface area contributed by atoms with Gasteiger partial charge in [0.1, 0.15) is 5.76 Å². The van der Waals surface area contributed by atoms with E-state index in [-0.39, 0.29) is 0 Å². The minimum Gasteiger partial charge on any atom is -0.453 e. The Labute approximate surface area is 98.7 Å². The average Bonchev–Trinajstić information content (AvgIpc) is 2.76. The van der Waals surface area contributed by atoms with Gasteiger partial charge in [0, 0.05) is 12.6 Å². The minimum absolute atomic E-state index is 0.304. The van der Waals surface area contributed by atoms with Crippen molar-refractivity contribution in [2.45, 2.75) is 25.9 Å². The monoisotopic (exact) mass is 272 g/mol. The molecule has 0 amide bonds. The van der Waals surface area contributed by atoms with Crippen LogP contribution in [0.3, 0.4) is 0 Å². The maximum absolute atomic E-state index is 5.90. The second kappa shape index (κ2) is 4.68. The summed E-state index contributed by atoms with van der Waals surface area (Å²) in [4.78, 5) is 2.40. The van der Waals surface area contributed by atoms with Crippen molar-refractivity contribution in [3.8, 4) is 0 Å². The van der Waals surface area contributed by atoms with E-state index in [2.05, 4.69) is 27.8 Å². The van der Waals surface area contributed by atoms with Gasteiger partial charge in [0.15, 0.2) is 4.67 Å². The maximum atomic E-state index is 5.90. The second-order valence-corrected chi connectivity index (χ2v) is 5.13. The van der Waals surface area contributed by atoms with Gasteiger partial charge in [-0.1, -0.05) is 0 Å². The van der Waals surface area contributed by atoms with Gasteiger partial charge in [-0.2, -0.15) is 0 Å². The summed E-state index contributed by atoms with van der Waals surface area (Å²) < 4.78 is 6.29. The number of nitrogens with two attached hydrogens (primary N) is 1. The van der Waals surface area contributed by atoms with Crippen molar-refractivity contribution in [2.75, 3.05) is 13.1 Å². The lowest BCUT2D eigenvalue weighted by atomic mass is 10.0. The Morgan fingerprint density at radius 3 is 3.00 bits per heavy atom. The molecule has 2 N–H and O–H groups in total. The number of rotatable bonds is 3. The zero-order chi connectivity index (χ0) is 10.8. The van der Waals surface area contributed by atoms with Crippen LogP contribution in [0, 0.1) is 5.92 Å². The van der Waals surface area contributed by atoms with Crippen LogP contribution in [0.5, 0.6) is 0 Å². The van der Waals surface area contributed by atoms with Gasteiger partial charge in [-0.25, -0.2) is 0 Å². The first-order valence-corrected chi connectivity index (χ1v) is 6.16. The number of hydrogen-bond acceptors (Lipinski definition) is 3. The SMILES string of the molecule is CC(N)C1CCN(Cc2ccc(Br)o2)C1. The van der Waals surface area contributed by atoms with E-state index in [0.717, 1.165) is 30.1 Å². The van der Waals surface area contributed by atoms with Crippen molar-refractivity contribution in [1.29, 1.82) is 0 Å². The van der Waals surface area contributed by atoms with Gasteiger partial charge in [-0.3, -0.25) is 4.90 Å². The first-order valence-electron chi connectivity index (χ1n) is 5.37. The summed E-state index contributed by atoms with van der Waals surface area (Å²) in [6.45, 7) is 5.22. The molecule has 1 fully saturated rings. The molecule has 1 aromatic rings. The average molecular weight is 273 g/mol. The van der Waals surface area contributed by atoms with Crippen molar-refractivity contribution < 1.29 is 4.42 Å². The van der Waals surface area contributed by atoms with Crippen LogP contribution < -0.4 is 5.73 Å². The van der Waals surface area contributed by atoms with Crippen LogP contribution in [0.4, 0.5) is 0 Å². The van der Waals surface area contributed by atoms with Gasteiger partial charge in [0.25, 0.3) is 0 Å². The van der Waals surface area contributed by atoms with E-state index in [0.29, 0.717) is 12.0 Å². The Balaban J connectivity index is 1.87. The molecule has 2 heterocycles. The quantitative estimate of drug-likeness (QED) is 0.918. The van der Waals surface area contributed by atoms with Crippen molar-refractivity contribution in [3.63, 3.8) is 0 Å². The van der Waals surface area contributed by atoms with E-state index in [1.54, 1.807) is 0 Å². The third-order valence-electron chi connectivity index (χ3n) is 3.06. The molecule has 15 heavy (non-hydrogen) atoms. The molecule has 0 aliphatic carbocycles. The minimum atomic E-state index is 0.304. The Morgan fingerprint density at radius 2 is 2.47 bits per heavy atom. The molecule has 1 aliphatic heterocycles. The highest BCUT2D eigenvalue weighted by atomic mass is 79.9. The molecule has 2 unspecified atom stereocenters. The summed E-state index contributed by atoms with van der Waals surface area (Å²) in [5.41, 5.74) is 5.90. The fourth-order valence-electron chi connectivity index (χ4n) is 2.09. The topological polar surface area (TPSA) is 42.4 Å². The van der Waals surface area contributed by atoms with Gasteiger partial charge < -0.3 is 10.2 Å². The maximum Gasteiger partial charge on any atom is 0.169 e. The fourth-order valence-corrected chi connectivity index (χ4v) is 2.43. The summed E-state index contributed by atoms with van der Waals surface area (Å²) in [6, 6.07) is 4.26. The molecular formula is C11H17BrN2O. The highest BCUT2D eigenvalue weighted by Crippen LogP contribution is 2.22. The van der Waals surface area contributed by atoms with E-state index in [4.69, 9.17) is 10.2 Å². The molecular weight excluding hydrogens is 256 g/mol. The molecule has 0 radical (unpaired) electrons. The van der Waals surface area contributed by atoms with E-state index >= 15 is 0 Å². The second-order valence-electron chi connectivity index (χ2n) is 4.35. The molecule has 2 atom stereocenters. The molecule has 2 rings (SSSR count). The summed E-state index contributed by atoms with van der Waals surface area (Å²) in [6.07, 6.45) is 1.21. The molecule has 4 heteroatoms. The number of likely N-dealkylation sites (tertiary alicyclic amines) is 1. The molecule has 1 aromatic heterocycles. The van der Waals surface area contributed by atoms with Crippen LogP contribution in [0.1, 0.15) is 19.1 Å². The van der Waals surface area contributed by atoms with Gasteiger partial charge in [0.05, 0.1) is 6.54 Å². The fraction of sp³-hybridized carbons (Fsp3) is 0.636. The van der Waals surface area contributed by atoms with Crippen LogP contribution in [-0.2, 0) is 6.54 Å². The summed E-state index contributed by atoms with van der Waals surface area (Å²) >= 11 is 3.31. The van der Waals surface area contributed by atoms with E-state index in [9.17, 15) is 0 Å². The number of hydrogen-bond donors (Lipinski definition) is 1. The largest absolute Gasteiger partial charge is 0.453 e. The predicted octanol–water partition coefficient (Wildman–Crippen LogP) is 2.21. The van der Waals surface area contributed by atoms with Crippen LogP contribution in [-0.4, -0.2) is 24.0 Å². The molecule has 1 saturated heterocycles. The normalized spacial score (nSPS) is 24.6. The predicted molar refractivity (Wildman–Crippen MR) is 63.4 cm³/mol. The molecule has 3 nitrogen and oxygen atoms in total. The summed E-state index contributed by atoms with van der Waals surface area (Å²) in [7, 11) is 0. The van der Waals surface area contributed by atoms with Gasteiger partial charge >= 0.3 is 0 Å². The summed E-state index contributed by atoms with van der Waals surface area (Å²) in [5, 5.41) is 0. The lowest BCUT2D eigenvalue weighted by Gasteiger charge is -2.16. The number of furan rings is 1. The van der Waals surface area contributed by atoms with Gasteiger partial charge in [-0.15, -0.1) is 0 Å². The van der Waals surface area contributed by atoms with Crippen molar-refractivity contribution in [1.82, 2.24) is 4.90 Å². The molecule has 0 saturated carbocycles. The van der Waals surface area contributed by atoms with Crippen LogP contribution in [0.2, 0.25) is 0 Å². The highest BCUT2D eigenvalue weighted by molar-refractivity contribution is 9.10. The zero-order valence-electron chi connectivity index (χ0n) is 8.95. The van der Waals surface area contributed by atoms with E-state index in [1.165, 1.54) is 6.42 Å². The number of halogens is 1. The summed E-state index contributed by atoms with van der Waals surface area (Å²) in [5.74, 6) is 1.66. The third kappa shape index (κ3) is 2.83. The van der Waals surface area contributed by atoms with Gasteiger partial charge in [-0.05, 0) is 53.9 Å². The Morgan fingerprint density at radius 1 is 1.67 bits per heavy atom. The smallest absolute Gasteiger partial charge is 0.169 e. The van der Waals surface area contributed by atoms with Crippen molar-refractivity contribution in [2.24, 2.45) is 11.7 Å². The highest BCUT2D eigenvalue weighted by Gasteiger charge is 2.25. The molecule has 84 valence electrons. The lowest BCUT2D eigenvalue weighted by molar-refractivity contribution is 0.279. The standard InChI is InChI=1S/C11H17BrN2O/c1-8(13)9-4-5-14(6-9)7-10-2-3-11(12)15-10/h2-3,8-9H,4-7,13H2,1H3. The van der Waals surface area contributed by atoms with Crippen LogP contribution in [0.15, 0.2) is 21.2 Å². The Kier molecular flexibility index (Phi) is 3.49. The first-order chi connectivity index (χ1) is 7.15. The van der Waals surface area contributed by atoms with Crippen molar-refractivity contribution in [3.05, 3.63) is 22.6 Å². The zero-order valence-corrected chi connectivity index (χ0v) is 10.5.